The molecule has 1 fully saturated rings. The molecule has 88 valence electrons. The lowest BCUT2D eigenvalue weighted by atomic mass is 9.76. The summed E-state index contributed by atoms with van der Waals surface area (Å²) in [6.45, 7) is 2.16. The first-order chi connectivity index (χ1) is 7.60. The maximum Gasteiger partial charge on any atom is 0.311 e. The number of carboxylic acids is 1. The Morgan fingerprint density at radius 1 is 1.50 bits per heavy atom. The van der Waals surface area contributed by atoms with Gasteiger partial charge < -0.3 is 9.52 Å². The third kappa shape index (κ3) is 2.26. The summed E-state index contributed by atoms with van der Waals surface area (Å²) in [7, 11) is 0. The summed E-state index contributed by atoms with van der Waals surface area (Å²) in [6, 6.07) is 0. The zero-order valence-electron chi connectivity index (χ0n) is 9.53. The topological polar surface area (TPSA) is 63.3 Å². The lowest BCUT2D eigenvalue weighted by molar-refractivity contribution is -0.136. The van der Waals surface area contributed by atoms with Crippen molar-refractivity contribution in [2.45, 2.75) is 50.9 Å². The minimum absolute atomic E-state index is 0.00893. The van der Waals surface area contributed by atoms with Crippen LogP contribution in [0.15, 0.2) is 10.6 Å². The Morgan fingerprint density at radius 3 is 2.81 bits per heavy atom. The van der Waals surface area contributed by atoms with Gasteiger partial charge in [0, 0.05) is 5.41 Å². The second-order valence-electron chi connectivity index (χ2n) is 4.82. The molecule has 0 saturated heterocycles. The molecule has 0 unspecified atom stereocenters. The van der Waals surface area contributed by atoms with Crippen LogP contribution >= 0.6 is 0 Å². The zero-order valence-corrected chi connectivity index (χ0v) is 9.53. The van der Waals surface area contributed by atoms with Crippen LogP contribution in [-0.2, 0) is 16.6 Å². The van der Waals surface area contributed by atoms with Gasteiger partial charge in [0.05, 0.1) is 6.20 Å². The Bertz CT molecular complexity index is 377. The van der Waals surface area contributed by atoms with Crippen LogP contribution in [0.2, 0.25) is 0 Å². The second kappa shape index (κ2) is 4.28. The fourth-order valence-electron chi connectivity index (χ4n) is 2.36. The van der Waals surface area contributed by atoms with Gasteiger partial charge in [-0.3, -0.25) is 4.79 Å². The number of aliphatic carboxylic acids is 1. The van der Waals surface area contributed by atoms with Crippen LogP contribution in [0.4, 0.5) is 0 Å². The minimum Gasteiger partial charge on any atom is -0.481 e. The molecule has 1 saturated carbocycles. The summed E-state index contributed by atoms with van der Waals surface area (Å²) < 4.78 is 5.54. The van der Waals surface area contributed by atoms with Crippen LogP contribution in [0, 0.1) is 0 Å². The number of aromatic nitrogens is 1. The highest BCUT2D eigenvalue weighted by atomic mass is 16.4. The van der Waals surface area contributed by atoms with Gasteiger partial charge in [0.15, 0.2) is 5.89 Å². The van der Waals surface area contributed by atoms with Crippen LogP contribution in [-0.4, -0.2) is 16.1 Å². The molecule has 0 bridgehead atoms. The van der Waals surface area contributed by atoms with Gasteiger partial charge in [0.25, 0.3) is 0 Å². The van der Waals surface area contributed by atoms with Crippen molar-refractivity contribution in [1.82, 2.24) is 4.98 Å². The largest absolute Gasteiger partial charge is 0.481 e. The lowest BCUT2D eigenvalue weighted by Crippen LogP contribution is -2.25. The van der Waals surface area contributed by atoms with Crippen molar-refractivity contribution in [3.63, 3.8) is 0 Å². The van der Waals surface area contributed by atoms with Crippen LogP contribution < -0.4 is 0 Å². The van der Waals surface area contributed by atoms with Crippen molar-refractivity contribution < 1.29 is 14.3 Å². The fourth-order valence-corrected chi connectivity index (χ4v) is 2.36. The summed E-state index contributed by atoms with van der Waals surface area (Å²) >= 11 is 0. The molecule has 0 aliphatic heterocycles. The zero-order chi connectivity index (χ0) is 11.6. The van der Waals surface area contributed by atoms with Gasteiger partial charge in [0.2, 0.25) is 0 Å². The van der Waals surface area contributed by atoms with Gasteiger partial charge in [-0.15, -0.1) is 0 Å². The van der Waals surface area contributed by atoms with Crippen molar-refractivity contribution >= 4 is 5.97 Å². The molecule has 0 atom stereocenters. The smallest absolute Gasteiger partial charge is 0.311 e. The number of hydrogen-bond donors (Lipinski definition) is 1. The van der Waals surface area contributed by atoms with E-state index in [1.807, 2.05) is 0 Å². The van der Waals surface area contributed by atoms with Crippen molar-refractivity contribution in [3.8, 4) is 0 Å². The first-order valence-electron chi connectivity index (χ1n) is 5.77. The number of rotatable bonds is 3. The maximum absolute atomic E-state index is 10.5. The third-order valence-corrected chi connectivity index (χ3v) is 3.35. The molecule has 0 aromatic carbocycles. The van der Waals surface area contributed by atoms with Crippen molar-refractivity contribution in [2.75, 3.05) is 0 Å². The summed E-state index contributed by atoms with van der Waals surface area (Å²) in [4.78, 5) is 14.8. The summed E-state index contributed by atoms with van der Waals surface area (Å²) in [5, 5.41) is 8.66. The summed E-state index contributed by atoms with van der Waals surface area (Å²) in [6.07, 6.45) is 7.31. The SMILES string of the molecule is CC1(c2ncc(CC(=O)O)o2)CCCCC1. The molecule has 4 heteroatoms. The van der Waals surface area contributed by atoms with Gasteiger partial charge in [-0.1, -0.05) is 26.2 Å². The molecule has 0 spiro atoms. The van der Waals surface area contributed by atoms with Crippen LogP contribution in [0.3, 0.4) is 0 Å². The first-order valence-corrected chi connectivity index (χ1v) is 5.77. The van der Waals surface area contributed by atoms with Gasteiger partial charge in [-0.05, 0) is 12.8 Å². The number of carbonyl (C=O) groups is 1. The van der Waals surface area contributed by atoms with Gasteiger partial charge >= 0.3 is 5.97 Å². The number of hydrogen-bond acceptors (Lipinski definition) is 3. The van der Waals surface area contributed by atoms with E-state index >= 15 is 0 Å². The van der Waals surface area contributed by atoms with Gasteiger partial charge in [0.1, 0.15) is 12.2 Å². The van der Waals surface area contributed by atoms with E-state index in [0.29, 0.717) is 11.7 Å². The highest BCUT2D eigenvalue weighted by Crippen LogP contribution is 2.38. The predicted octanol–water partition coefficient (Wildman–Crippen LogP) is 2.52. The van der Waals surface area contributed by atoms with Crippen LogP contribution in [0.5, 0.6) is 0 Å². The third-order valence-electron chi connectivity index (χ3n) is 3.35. The van der Waals surface area contributed by atoms with Gasteiger partial charge in [-0.2, -0.15) is 0 Å². The van der Waals surface area contributed by atoms with E-state index in [4.69, 9.17) is 9.52 Å². The first kappa shape index (κ1) is 11.2. The van der Waals surface area contributed by atoms with E-state index in [-0.39, 0.29) is 11.8 Å². The Morgan fingerprint density at radius 2 is 2.19 bits per heavy atom. The minimum atomic E-state index is -0.878. The van der Waals surface area contributed by atoms with Crippen LogP contribution in [0.1, 0.15) is 50.7 Å². The average Bonchev–Trinajstić information content (AvgIpc) is 2.67. The second-order valence-corrected chi connectivity index (χ2v) is 4.82. The lowest BCUT2D eigenvalue weighted by Gasteiger charge is -2.30. The van der Waals surface area contributed by atoms with E-state index < -0.39 is 5.97 Å². The standard InChI is InChI=1S/C12H17NO3/c1-12(5-3-2-4-6-12)11-13-8-9(16-11)7-10(14)15/h8H,2-7H2,1H3,(H,14,15). The number of carboxylic acid groups (broad SMARTS) is 1. The Hall–Kier alpha value is -1.32. The molecule has 1 heterocycles. The van der Waals surface area contributed by atoms with E-state index in [2.05, 4.69) is 11.9 Å². The number of nitrogens with zero attached hydrogens (tertiary/aromatic N) is 1. The van der Waals surface area contributed by atoms with E-state index in [1.165, 1.54) is 19.3 Å². The molecule has 1 aromatic heterocycles. The molecule has 0 amide bonds. The molecule has 0 radical (unpaired) electrons. The Labute approximate surface area is 94.7 Å². The Kier molecular flexibility index (Phi) is 2.99. The highest BCUT2D eigenvalue weighted by Gasteiger charge is 2.33. The van der Waals surface area contributed by atoms with Crippen molar-refractivity contribution in [3.05, 3.63) is 17.8 Å². The van der Waals surface area contributed by atoms with E-state index in [0.717, 1.165) is 12.8 Å². The molecule has 16 heavy (non-hydrogen) atoms. The molecule has 2 rings (SSSR count). The highest BCUT2D eigenvalue weighted by molar-refractivity contribution is 5.69. The molecule has 4 nitrogen and oxygen atoms in total. The Balaban J connectivity index is 2.13. The maximum atomic E-state index is 10.5. The fraction of sp³-hybridized carbons (Fsp3) is 0.667. The monoisotopic (exact) mass is 223 g/mol. The average molecular weight is 223 g/mol. The molecular formula is C12H17NO3. The molecule has 1 aliphatic rings. The van der Waals surface area contributed by atoms with Crippen molar-refractivity contribution in [2.24, 2.45) is 0 Å². The molecule has 1 N–H and O–H groups in total. The number of oxazole rings is 1. The molecular weight excluding hydrogens is 206 g/mol. The normalized spacial score (nSPS) is 19.6. The van der Waals surface area contributed by atoms with Crippen molar-refractivity contribution in [1.29, 1.82) is 0 Å². The summed E-state index contributed by atoms with van der Waals surface area (Å²) in [5.74, 6) is 0.286. The predicted molar refractivity (Wildman–Crippen MR) is 58.3 cm³/mol. The van der Waals surface area contributed by atoms with Crippen LogP contribution in [0.25, 0.3) is 0 Å². The molecule has 1 aliphatic carbocycles. The summed E-state index contributed by atoms with van der Waals surface area (Å²) in [5.41, 5.74) is 0.00893. The molecule has 1 aromatic rings. The van der Waals surface area contributed by atoms with E-state index in [9.17, 15) is 4.79 Å². The quantitative estimate of drug-likeness (QED) is 0.855. The van der Waals surface area contributed by atoms with E-state index in [1.54, 1.807) is 6.20 Å². The van der Waals surface area contributed by atoms with Gasteiger partial charge in [-0.25, -0.2) is 4.98 Å².